The highest BCUT2D eigenvalue weighted by atomic mass is 35.5. The molecule has 2 N–H and O–H groups in total. The Morgan fingerprint density at radius 1 is 1.15 bits per heavy atom. The quantitative estimate of drug-likeness (QED) is 0.594. The number of hydrogen-bond acceptors (Lipinski definition) is 6. The smallest absolute Gasteiger partial charge is 0.229 e. The first kappa shape index (κ1) is 24.2. The number of aromatic nitrogens is 2. The van der Waals surface area contributed by atoms with Gasteiger partial charge in [0.15, 0.2) is 0 Å². The lowest BCUT2D eigenvalue weighted by Crippen LogP contribution is -2.32. The summed E-state index contributed by atoms with van der Waals surface area (Å²) in [5.74, 6) is 1.67. The summed E-state index contributed by atoms with van der Waals surface area (Å²) < 4.78 is 5.43. The molecule has 0 bridgehead atoms. The number of halogens is 2. The third-order valence-corrected chi connectivity index (χ3v) is 6.97. The first-order chi connectivity index (χ1) is 16.0. The van der Waals surface area contributed by atoms with Crippen molar-refractivity contribution in [2.45, 2.75) is 32.1 Å². The maximum Gasteiger partial charge on any atom is 0.229 e. The molecule has 7 nitrogen and oxygen atoms in total. The Balaban J connectivity index is 1.49. The summed E-state index contributed by atoms with van der Waals surface area (Å²) in [5, 5.41) is 7.30. The van der Waals surface area contributed by atoms with Gasteiger partial charge < -0.3 is 20.3 Å². The van der Waals surface area contributed by atoms with Crippen molar-refractivity contribution < 1.29 is 9.53 Å². The van der Waals surface area contributed by atoms with Crippen LogP contribution in [0.15, 0.2) is 24.4 Å². The van der Waals surface area contributed by atoms with E-state index >= 15 is 0 Å². The van der Waals surface area contributed by atoms with Crippen LogP contribution in [0.2, 0.25) is 10.0 Å². The van der Waals surface area contributed by atoms with Gasteiger partial charge in [-0.15, -0.1) is 0 Å². The fraction of sp³-hybridized carbons (Fsp3) is 0.542. The maximum atomic E-state index is 12.9. The van der Waals surface area contributed by atoms with Gasteiger partial charge in [0.1, 0.15) is 11.6 Å². The second-order valence-electron chi connectivity index (χ2n) is 8.96. The van der Waals surface area contributed by atoms with Crippen LogP contribution in [0.25, 0.3) is 11.3 Å². The van der Waals surface area contributed by atoms with E-state index in [9.17, 15) is 4.79 Å². The zero-order chi connectivity index (χ0) is 23.2. The first-order valence-corrected chi connectivity index (χ1v) is 12.4. The Hall–Kier alpha value is -1.93. The van der Waals surface area contributed by atoms with Crippen LogP contribution in [0, 0.1) is 11.8 Å². The number of carbonyl (C=O) groups excluding carboxylic acids is 1. The van der Waals surface area contributed by atoms with Gasteiger partial charge in [0.2, 0.25) is 5.91 Å². The molecule has 2 aromatic heterocycles. The van der Waals surface area contributed by atoms with E-state index in [4.69, 9.17) is 32.9 Å². The van der Waals surface area contributed by atoms with Crippen molar-refractivity contribution in [1.82, 2.24) is 14.9 Å². The van der Waals surface area contributed by atoms with Gasteiger partial charge in [-0.25, -0.2) is 9.97 Å². The Morgan fingerprint density at radius 3 is 2.79 bits per heavy atom. The van der Waals surface area contributed by atoms with Crippen LogP contribution in [-0.2, 0) is 9.53 Å². The van der Waals surface area contributed by atoms with Crippen LogP contribution in [0.5, 0.6) is 0 Å². The van der Waals surface area contributed by atoms with Crippen LogP contribution in [0.4, 0.5) is 11.6 Å². The summed E-state index contributed by atoms with van der Waals surface area (Å²) in [6.45, 7) is 4.23. The normalized spacial score (nSPS) is 20.3. The third-order valence-electron chi connectivity index (χ3n) is 6.37. The van der Waals surface area contributed by atoms with E-state index in [0.717, 1.165) is 70.8 Å². The molecule has 4 heterocycles. The fourth-order valence-electron chi connectivity index (χ4n) is 4.39. The molecule has 0 aliphatic carbocycles. The summed E-state index contributed by atoms with van der Waals surface area (Å²) >= 11 is 13.0. The number of amides is 1. The van der Waals surface area contributed by atoms with E-state index in [1.54, 1.807) is 6.07 Å². The van der Waals surface area contributed by atoms with Crippen LogP contribution in [-0.4, -0.2) is 60.7 Å². The van der Waals surface area contributed by atoms with Crippen molar-refractivity contribution in [1.29, 1.82) is 0 Å². The van der Waals surface area contributed by atoms with Crippen molar-refractivity contribution in [3.63, 3.8) is 0 Å². The fourth-order valence-corrected chi connectivity index (χ4v) is 4.79. The van der Waals surface area contributed by atoms with Crippen molar-refractivity contribution in [3.05, 3.63) is 34.4 Å². The van der Waals surface area contributed by atoms with Gasteiger partial charge in [0.25, 0.3) is 0 Å². The average molecular weight is 492 g/mol. The van der Waals surface area contributed by atoms with Crippen molar-refractivity contribution in [2.24, 2.45) is 11.8 Å². The van der Waals surface area contributed by atoms with Crippen molar-refractivity contribution in [2.75, 3.05) is 50.5 Å². The number of anilines is 2. The molecule has 4 rings (SSSR count). The number of hydrogen-bond donors (Lipinski definition) is 2. The molecule has 2 fully saturated rings. The summed E-state index contributed by atoms with van der Waals surface area (Å²) in [4.78, 5) is 24.1. The van der Waals surface area contributed by atoms with Crippen molar-refractivity contribution in [3.8, 4) is 11.3 Å². The molecule has 178 valence electrons. The predicted molar refractivity (Wildman–Crippen MR) is 133 cm³/mol. The minimum Gasteiger partial charge on any atom is -0.381 e. The average Bonchev–Trinajstić information content (AvgIpc) is 3.05. The second-order valence-corrected chi connectivity index (χ2v) is 9.77. The molecule has 2 aliphatic heterocycles. The van der Waals surface area contributed by atoms with Gasteiger partial charge in [-0.3, -0.25) is 4.79 Å². The van der Waals surface area contributed by atoms with Gasteiger partial charge >= 0.3 is 0 Å². The van der Waals surface area contributed by atoms with E-state index in [1.807, 2.05) is 12.1 Å². The third kappa shape index (κ3) is 6.57. The lowest BCUT2D eigenvalue weighted by molar-refractivity contribution is -0.120. The molecular formula is C24H31Cl2N5O2. The Bertz CT molecular complexity index is 968. The van der Waals surface area contributed by atoms with Crippen LogP contribution < -0.4 is 10.6 Å². The Kier molecular flexibility index (Phi) is 8.41. The lowest BCUT2D eigenvalue weighted by atomic mass is 10.0. The number of nitrogens with zero attached hydrogens (tertiary/aromatic N) is 3. The highest BCUT2D eigenvalue weighted by Crippen LogP contribution is 2.34. The summed E-state index contributed by atoms with van der Waals surface area (Å²) in [6, 6.07) is 5.43. The summed E-state index contributed by atoms with van der Waals surface area (Å²) in [5.41, 5.74) is 1.20. The van der Waals surface area contributed by atoms with E-state index in [2.05, 4.69) is 27.6 Å². The minimum absolute atomic E-state index is 0.0181. The number of nitrogens with one attached hydrogen (secondary N) is 2. The zero-order valence-corrected chi connectivity index (χ0v) is 20.5. The van der Waals surface area contributed by atoms with Gasteiger partial charge in [-0.2, -0.15) is 0 Å². The molecule has 2 saturated heterocycles. The molecule has 1 atom stereocenters. The van der Waals surface area contributed by atoms with E-state index in [0.29, 0.717) is 33.0 Å². The Labute approximate surface area is 205 Å². The molecule has 2 aliphatic rings. The maximum absolute atomic E-state index is 12.9. The molecular weight excluding hydrogens is 461 g/mol. The Morgan fingerprint density at radius 2 is 1.97 bits per heavy atom. The monoisotopic (exact) mass is 491 g/mol. The number of ether oxygens (including phenoxy) is 1. The molecule has 0 radical (unpaired) electrons. The molecule has 9 heteroatoms. The molecule has 1 unspecified atom stereocenters. The molecule has 0 saturated carbocycles. The summed E-state index contributed by atoms with van der Waals surface area (Å²) in [6.07, 6.45) is 6.67. The van der Waals surface area contributed by atoms with Crippen molar-refractivity contribution >= 4 is 40.7 Å². The molecule has 33 heavy (non-hydrogen) atoms. The zero-order valence-electron chi connectivity index (χ0n) is 18.9. The standard InChI is InChI=1S/C24H31Cl2N5O2/c1-31-9-3-2-4-17(15-31)24(32)30-22-12-18(20(26)14-28-22)23-19(25)5-6-21(29-23)27-13-16-7-10-33-11-8-16/h5-6,12,14,16-17H,2-4,7-11,13,15H2,1H3,(H,27,29)(H,28,30,32). The number of rotatable bonds is 6. The van der Waals surface area contributed by atoms with E-state index in [-0.39, 0.29) is 11.8 Å². The number of pyridine rings is 2. The van der Waals surface area contributed by atoms with Crippen LogP contribution >= 0.6 is 23.2 Å². The van der Waals surface area contributed by atoms with Gasteiger partial charge in [-0.1, -0.05) is 29.6 Å². The molecule has 2 aromatic rings. The lowest BCUT2D eigenvalue weighted by Gasteiger charge is -2.22. The summed E-state index contributed by atoms with van der Waals surface area (Å²) in [7, 11) is 2.06. The SMILES string of the molecule is CN1CCCCC(C(=O)Nc2cc(-c3nc(NCC4CCOCC4)ccc3Cl)c(Cl)cn2)C1. The second kappa shape index (κ2) is 11.5. The molecule has 0 aromatic carbocycles. The molecule has 0 spiro atoms. The van der Waals surface area contributed by atoms with Crippen LogP contribution in [0.1, 0.15) is 32.1 Å². The van der Waals surface area contributed by atoms with E-state index in [1.165, 1.54) is 6.20 Å². The highest BCUT2D eigenvalue weighted by Gasteiger charge is 2.23. The van der Waals surface area contributed by atoms with Gasteiger partial charge in [0, 0.05) is 38.1 Å². The topological polar surface area (TPSA) is 79.4 Å². The minimum atomic E-state index is -0.0575. The van der Waals surface area contributed by atoms with E-state index < -0.39 is 0 Å². The van der Waals surface area contributed by atoms with Crippen LogP contribution in [0.3, 0.4) is 0 Å². The highest BCUT2D eigenvalue weighted by molar-refractivity contribution is 6.36. The molecule has 1 amide bonds. The van der Waals surface area contributed by atoms with Gasteiger partial charge in [0.05, 0.1) is 21.7 Å². The largest absolute Gasteiger partial charge is 0.381 e. The number of carbonyl (C=O) groups is 1. The first-order valence-electron chi connectivity index (χ1n) is 11.6. The predicted octanol–water partition coefficient (Wildman–Crippen LogP) is 4.96. The number of likely N-dealkylation sites (tertiary alicyclic amines) is 1. The van der Waals surface area contributed by atoms with Gasteiger partial charge in [-0.05, 0) is 63.4 Å².